The van der Waals surface area contributed by atoms with Crippen molar-refractivity contribution in [1.82, 2.24) is 20.2 Å². The van der Waals surface area contributed by atoms with Gasteiger partial charge in [-0.25, -0.2) is 8.78 Å². The van der Waals surface area contributed by atoms with Crippen molar-refractivity contribution < 1.29 is 23.4 Å². The Bertz CT molecular complexity index is 2080. The molecule has 4 aliphatic heterocycles. The average molecular weight is 663 g/mol. The summed E-state index contributed by atoms with van der Waals surface area (Å²) < 4.78 is 44.2. The molecule has 1 saturated carbocycles. The minimum absolute atomic E-state index is 0.00142. The van der Waals surface area contributed by atoms with Crippen LogP contribution in [0.15, 0.2) is 30.3 Å². The van der Waals surface area contributed by atoms with Crippen LogP contribution >= 0.6 is 0 Å². The first-order valence-electron chi connectivity index (χ1n) is 17.1. The van der Waals surface area contributed by atoms with Gasteiger partial charge in [0.25, 0.3) is 0 Å². The van der Waals surface area contributed by atoms with E-state index in [0.29, 0.717) is 48.1 Å². The summed E-state index contributed by atoms with van der Waals surface area (Å²) in [7, 11) is 0. The van der Waals surface area contributed by atoms with Crippen molar-refractivity contribution in [3.8, 4) is 41.3 Å². The summed E-state index contributed by atoms with van der Waals surface area (Å²) in [6.07, 6.45) is 9.90. The van der Waals surface area contributed by atoms with E-state index >= 15 is 4.39 Å². The lowest BCUT2D eigenvalue weighted by atomic mass is 9.90. The maximum absolute atomic E-state index is 17.2. The third-order valence-electron chi connectivity index (χ3n) is 11.3. The average Bonchev–Trinajstić information content (AvgIpc) is 3.34. The van der Waals surface area contributed by atoms with Crippen LogP contribution in [0.2, 0.25) is 0 Å². The summed E-state index contributed by atoms with van der Waals surface area (Å²) in [5, 5.41) is 25.7. The van der Waals surface area contributed by atoms with Crippen LogP contribution in [0.4, 0.5) is 14.6 Å². The summed E-state index contributed by atoms with van der Waals surface area (Å²) in [5.41, 5.74) is -0.0965. The van der Waals surface area contributed by atoms with Gasteiger partial charge in [0.15, 0.2) is 5.82 Å². The molecule has 5 heterocycles. The van der Waals surface area contributed by atoms with Crippen LogP contribution in [0.5, 0.6) is 11.8 Å². The molecule has 3 aromatic carbocycles. The van der Waals surface area contributed by atoms with Gasteiger partial charge in [-0.2, -0.15) is 15.2 Å². The third-order valence-corrected chi connectivity index (χ3v) is 11.3. The molecule has 0 amide bonds. The van der Waals surface area contributed by atoms with Crippen molar-refractivity contribution >= 4 is 27.5 Å². The predicted octanol–water partition coefficient (Wildman–Crippen LogP) is 4.96. The van der Waals surface area contributed by atoms with Crippen LogP contribution in [0.3, 0.4) is 0 Å². The lowest BCUT2D eigenvalue weighted by Gasteiger charge is -2.34. The molecule has 1 aromatic heterocycles. The van der Waals surface area contributed by atoms with Gasteiger partial charge in [0.1, 0.15) is 22.9 Å². The fourth-order valence-corrected chi connectivity index (χ4v) is 8.71. The molecule has 4 aromatic rings. The van der Waals surface area contributed by atoms with E-state index in [0.717, 1.165) is 58.5 Å². The number of benzene rings is 3. The number of anilines is 1. The zero-order valence-electron chi connectivity index (χ0n) is 27.0. The monoisotopic (exact) mass is 662 g/mol. The number of rotatable bonds is 7. The van der Waals surface area contributed by atoms with Gasteiger partial charge in [-0.05, 0) is 60.9 Å². The summed E-state index contributed by atoms with van der Waals surface area (Å²) in [6, 6.07) is 9.82. The van der Waals surface area contributed by atoms with E-state index < -0.39 is 11.6 Å². The second-order valence-corrected chi connectivity index (χ2v) is 14.7. The van der Waals surface area contributed by atoms with Gasteiger partial charge in [0, 0.05) is 78.4 Å². The molecular weight excluding hydrogens is 626 g/mol. The van der Waals surface area contributed by atoms with Gasteiger partial charge < -0.3 is 29.7 Å². The van der Waals surface area contributed by atoms with Crippen molar-refractivity contribution in [2.75, 3.05) is 57.4 Å². The molecule has 2 unspecified atom stereocenters. The smallest absolute Gasteiger partial charge is 0.319 e. The highest BCUT2D eigenvalue weighted by atomic mass is 19.1. The Kier molecular flexibility index (Phi) is 7.17. The first kappa shape index (κ1) is 30.5. The van der Waals surface area contributed by atoms with Gasteiger partial charge in [-0.15, -0.1) is 6.42 Å². The number of aromatic nitrogens is 2. The molecule has 0 radical (unpaired) electrons. The molecule has 4 atom stereocenters. The Morgan fingerprint density at radius 2 is 1.82 bits per heavy atom. The van der Waals surface area contributed by atoms with Gasteiger partial charge >= 0.3 is 6.01 Å². The molecule has 11 heteroatoms. The predicted molar refractivity (Wildman–Crippen MR) is 180 cm³/mol. The van der Waals surface area contributed by atoms with Crippen molar-refractivity contribution in [3.05, 3.63) is 53.1 Å². The number of hydrogen-bond acceptors (Lipinski definition) is 9. The van der Waals surface area contributed by atoms with Gasteiger partial charge in [-0.3, -0.25) is 0 Å². The Hall–Kier alpha value is -4.55. The van der Waals surface area contributed by atoms with Crippen molar-refractivity contribution in [1.29, 1.82) is 5.26 Å². The van der Waals surface area contributed by atoms with E-state index in [9.17, 15) is 14.8 Å². The SMILES string of the molecule is C#Cc1c(F)ccc2cc(O)cc(-c3c(C#N)cc4c(N5CC6CCC(C5)N6)nc(OCC5(CN6C[C@H]7COC[C@H]7C6)CC5)nc4c3F)c12. The number of piperazine rings is 1. The number of terminal acetylenes is 1. The molecule has 5 aliphatic rings. The number of ether oxygens (including phenoxy) is 2. The molecule has 4 saturated heterocycles. The largest absolute Gasteiger partial charge is 0.508 e. The maximum atomic E-state index is 17.2. The maximum Gasteiger partial charge on any atom is 0.319 e. The number of phenolic OH excluding ortho intramolecular Hbond substituents is 1. The van der Waals surface area contributed by atoms with Gasteiger partial charge in [0.05, 0.1) is 37.0 Å². The zero-order valence-corrected chi connectivity index (χ0v) is 27.0. The molecule has 2 bridgehead atoms. The number of fused-ring (bicyclic) bond motifs is 5. The highest BCUT2D eigenvalue weighted by Crippen LogP contribution is 2.48. The van der Waals surface area contributed by atoms with E-state index in [2.05, 4.69) is 32.1 Å². The summed E-state index contributed by atoms with van der Waals surface area (Å²) in [4.78, 5) is 14.2. The second-order valence-electron chi connectivity index (χ2n) is 14.7. The Labute approximate surface area is 282 Å². The van der Waals surface area contributed by atoms with Gasteiger partial charge in [-0.1, -0.05) is 12.0 Å². The number of phenols is 1. The Balaban J connectivity index is 1.15. The topological polar surface area (TPSA) is 107 Å². The second kappa shape index (κ2) is 11.5. The van der Waals surface area contributed by atoms with E-state index in [1.807, 2.05) is 0 Å². The molecule has 0 spiro atoms. The van der Waals surface area contributed by atoms with E-state index in [-0.39, 0.29) is 62.4 Å². The molecule has 5 fully saturated rings. The van der Waals surface area contributed by atoms with Crippen molar-refractivity contribution in [2.45, 2.75) is 37.8 Å². The van der Waals surface area contributed by atoms with Crippen LogP contribution in [0.1, 0.15) is 36.8 Å². The van der Waals surface area contributed by atoms with Crippen LogP contribution in [0, 0.1) is 52.6 Å². The summed E-state index contributed by atoms with van der Waals surface area (Å²) in [5.74, 6) is 2.49. The summed E-state index contributed by atoms with van der Waals surface area (Å²) in [6.45, 7) is 6.47. The van der Waals surface area contributed by atoms with E-state index in [1.54, 1.807) is 6.07 Å². The van der Waals surface area contributed by atoms with Crippen LogP contribution in [0.25, 0.3) is 32.8 Å². The summed E-state index contributed by atoms with van der Waals surface area (Å²) >= 11 is 0. The minimum atomic E-state index is -0.785. The number of nitrogens with one attached hydrogen (secondary N) is 1. The Morgan fingerprint density at radius 1 is 1.06 bits per heavy atom. The molecule has 2 N–H and O–H groups in total. The molecule has 9 nitrogen and oxygen atoms in total. The number of halogens is 2. The van der Waals surface area contributed by atoms with Crippen molar-refractivity contribution in [3.63, 3.8) is 0 Å². The quantitative estimate of drug-likeness (QED) is 0.266. The Morgan fingerprint density at radius 3 is 2.51 bits per heavy atom. The number of likely N-dealkylation sites (tertiary alicyclic amines) is 1. The highest BCUT2D eigenvalue weighted by Gasteiger charge is 2.48. The normalized spacial score (nSPS) is 25.4. The number of nitriles is 1. The third kappa shape index (κ3) is 5.23. The molecular formula is C38H36F2N6O3. The fourth-order valence-electron chi connectivity index (χ4n) is 8.71. The van der Waals surface area contributed by atoms with Crippen LogP contribution in [-0.4, -0.2) is 84.6 Å². The fraction of sp³-hybridized carbons (Fsp3) is 0.447. The zero-order chi connectivity index (χ0) is 33.4. The first-order chi connectivity index (χ1) is 23.8. The molecule has 250 valence electrons. The van der Waals surface area contributed by atoms with Crippen molar-refractivity contribution in [2.24, 2.45) is 17.3 Å². The van der Waals surface area contributed by atoms with E-state index in [4.69, 9.17) is 20.9 Å². The molecule has 1 aliphatic carbocycles. The highest BCUT2D eigenvalue weighted by molar-refractivity contribution is 6.05. The number of aromatic hydroxyl groups is 1. The van der Waals surface area contributed by atoms with Crippen LogP contribution in [-0.2, 0) is 4.74 Å². The minimum Gasteiger partial charge on any atom is -0.508 e. The molecule has 9 rings (SSSR count). The number of nitrogens with zero attached hydrogens (tertiary/aromatic N) is 5. The van der Waals surface area contributed by atoms with E-state index in [1.165, 1.54) is 24.3 Å². The van der Waals surface area contributed by atoms with Crippen LogP contribution < -0.4 is 15.0 Å². The number of hydrogen-bond donors (Lipinski definition) is 2. The lowest BCUT2D eigenvalue weighted by Crippen LogP contribution is -2.51. The standard InChI is InChI=1S/C38H36F2N6O3/c1-2-28-31(39)6-3-21-9-27(47)11-29(32(21)28)33-22(12-41)10-30-35(34(33)40)43-37(44-36(30)46-15-25-4-5-26(16-46)42-25)49-20-38(7-8-38)19-45-13-23-17-48-18-24(23)14-45/h1,3,6,9-11,23-26,42,47H,4-5,7-8,13-20H2/t23-,24+,25?,26?. The van der Waals surface area contributed by atoms with Gasteiger partial charge in [0.2, 0.25) is 0 Å². The lowest BCUT2D eigenvalue weighted by molar-refractivity contribution is 0.131. The molecule has 49 heavy (non-hydrogen) atoms. The first-order valence-corrected chi connectivity index (χ1v) is 17.1.